The van der Waals surface area contributed by atoms with Gasteiger partial charge in [-0.05, 0) is 25.3 Å². The minimum atomic E-state index is 0. The van der Waals surface area contributed by atoms with Crippen LogP contribution in [0.5, 0.6) is 0 Å². The van der Waals surface area contributed by atoms with E-state index in [9.17, 15) is 0 Å². The minimum absolute atomic E-state index is 0. The molecule has 0 amide bonds. The quantitative estimate of drug-likeness (QED) is 0.391. The van der Waals surface area contributed by atoms with Crippen LogP contribution in [0.2, 0.25) is 0 Å². The van der Waals surface area contributed by atoms with Crippen LogP contribution in [0.3, 0.4) is 0 Å². The Morgan fingerprint density at radius 3 is 2.85 bits per heavy atom. The monoisotopic (exact) mass is 456 g/mol. The number of hydrogen-bond acceptors (Lipinski definition) is 2. The zero-order chi connectivity index (χ0) is 12.8. The third-order valence-electron chi connectivity index (χ3n) is 3.34. The van der Waals surface area contributed by atoms with E-state index in [1.165, 1.54) is 20.7 Å². The van der Waals surface area contributed by atoms with Crippen LogP contribution in [0.1, 0.15) is 4.88 Å². The van der Waals surface area contributed by atoms with Gasteiger partial charge in [-0.3, -0.25) is 4.98 Å². The van der Waals surface area contributed by atoms with Gasteiger partial charge in [-0.2, -0.15) is 0 Å². The molecule has 0 fully saturated rings. The molecule has 0 saturated carbocycles. The van der Waals surface area contributed by atoms with Gasteiger partial charge in [0.25, 0.3) is 0 Å². The van der Waals surface area contributed by atoms with Crippen LogP contribution in [0.25, 0.3) is 26.9 Å². The number of aromatic nitrogens is 2. The number of nitrogens with zero attached hydrogens (tertiary/aromatic N) is 2. The van der Waals surface area contributed by atoms with Crippen molar-refractivity contribution in [3.05, 3.63) is 59.9 Å². The topological polar surface area (TPSA) is 17.3 Å². The molecule has 0 atom stereocenters. The van der Waals surface area contributed by atoms with E-state index in [1.54, 1.807) is 0 Å². The van der Waals surface area contributed by atoms with Gasteiger partial charge >= 0.3 is 0 Å². The fourth-order valence-corrected chi connectivity index (χ4v) is 3.35. The molecule has 0 aliphatic rings. The number of pyridine rings is 1. The van der Waals surface area contributed by atoms with Gasteiger partial charge in [0, 0.05) is 42.3 Å². The van der Waals surface area contributed by atoms with Crippen LogP contribution in [0, 0.1) is 13.0 Å². The molecule has 4 rings (SSSR count). The molecule has 2 nitrogen and oxygen atoms in total. The number of rotatable bonds is 1. The predicted octanol–water partition coefficient (Wildman–Crippen LogP) is 4.32. The molecule has 3 heterocycles. The van der Waals surface area contributed by atoms with E-state index in [1.807, 2.05) is 34.2 Å². The molecule has 20 heavy (non-hydrogen) atoms. The maximum Gasteiger partial charge on any atom is 0.0603 e. The summed E-state index contributed by atoms with van der Waals surface area (Å²) in [5, 5.41) is 2.29. The molecule has 0 bridgehead atoms. The Bertz CT molecular complexity index is 892. The van der Waals surface area contributed by atoms with Crippen molar-refractivity contribution in [2.45, 2.75) is 6.92 Å². The molecule has 0 aliphatic carbocycles. The molecule has 0 spiro atoms. The number of benzene rings is 1. The van der Waals surface area contributed by atoms with Gasteiger partial charge in [0.15, 0.2) is 0 Å². The maximum atomic E-state index is 4.42. The van der Waals surface area contributed by atoms with Gasteiger partial charge in [0.05, 0.1) is 5.65 Å². The predicted molar refractivity (Wildman–Crippen MR) is 79.6 cm³/mol. The van der Waals surface area contributed by atoms with Crippen molar-refractivity contribution >= 4 is 27.8 Å². The minimum Gasteiger partial charge on any atom is -0.347 e. The zero-order valence-corrected chi connectivity index (χ0v) is 14.0. The molecule has 101 valence electrons. The summed E-state index contributed by atoms with van der Waals surface area (Å²) in [5.74, 6) is 0. The van der Waals surface area contributed by atoms with Gasteiger partial charge in [0.1, 0.15) is 0 Å². The Morgan fingerprint density at radius 2 is 2.05 bits per heavy atom. The summed E-state index contributed by atoms with van der Waals surface area (Å²) < 4.78 is 2.03. The zero-order valence-electron chi connectivity index (χ0n) is 10.8. The van der Waals surface area contributed by atoms with E-state index < -0.39 is 0 Å². The second-order valence-electron chi connectivity index (χ2n) is 4.56. The number of aryl methyl sites for hydroxylation is 1. The number of fused-ring (bicyclic) bond motifs is 3. The van der Waals surface area contributed by atoms with Gasteiger partial charge in [-0.1, -0.05) is 17.0 Å². The van der Waals surface area contributed by atoms with Crippen LogP contribution in [-0.4, -0.2) is 9.38 Å². The summed E-state index contributed by atoms with van der Waals surface area (Å²) in [5.41, 5.74) is 2.23. The Kier molecular flexibility index (Phi) is 3.46. The van der Waals surface area contributed by atoms with Gasteiger partial charge < -0.3 is 4.40 Å². The van der Waals surface area contributed by atoms with Crippen molar-refractivity contribution in [2.24, 2.45) is 0 Å². The maximum absolute atomic E-state index is 4.42. The van der Waals surface area contributed by atoms with E-state index >= 15 is 0 Å². The van der Waals surface area contributed by atoms with Gasteiger partial charge in [-0.15, -0.1) is 34.9 Å². The second kappa shape index (κ2) is 5.13. The Hall–Kier alpha value is -1.48. The van der Waals surface area contributed by atoms with Crippen molar-refractivity contribution in [1.82, 2.24) is 9.38 Å². The summed E-state index contributed by atoms with van der Waals surface area (Å²) >= 11 is 1.82. The third-order valence-corrected chi connectivity index (χ3v) is 4.37. The van der Waals surface area contributed by atoms with Crippen LogP contribution >= 0.6 is 11.3 Å². The van der Waals surface area contributed by atoms with Gasteiger partial charge in [0.2, 0.25) is 0 Å². The van der Waals surface area contributed by atoms with Crippen molar-refractivity contribution in [3.63, 3.8) is 0 Å². The van der Waals surface area contributed by atoms with E-state index in [2.05, 4.69) is 48.4 Å². The molecule has 0 N–H and O–H groups in total. The fourth-order valence-electron chi connectivity index (χ4n) is 2.44. The van der Waals surface area contributed by atoms with Crippen LogP contribution in [-0.2, 0) is 20.1 Å². The summed E-state index contributed by atoms with van der Waals surface area (Å²) in [6.07, 6.45) is 5.84. The van der Waals surface area contributed by atoms with Crippen molar-refractivity contribution < 1.29 is 20.1 Å². The number of thiophene rings is 1. The average Bonchev–Trinajstić information content (AvgIpc) is 3.06. The summed E-state index contributed by atoms with van der Waals surface area (Å²) in [7, 11) is 0. The van der Waals surface area contributed by atoms with Crippen LogP contribution in [0.4, 0.5) is 0 Å². The fraction of sp³-hybridized carbons (Fsp3) is 0.0625. The first-order chi connectivity index (χ1) is 9.33. The molecule has 0 unspecified atom stereocenters. The van der Waals surface area contributed by atoms with Crippen molar-refractivity contribution in [1.29, 1.82) is 0 Å². The van der Waals surface area contributed by atoms with Gasteiger partial charge in [-0.25, -0.2) is 0 Å². The number of hydrogen-bond donors (Lipinski definition) is 0. The van der Waals surface area contributed by atoms with Crippen molar-refractivity contribution in [2.75, 3.05) is 0 Å². The smallest absolute Gasteiger partial charge is 0.0603 e. The summed E-state index contributed by atoms with van der Waals surface area (Å²) in [6, 6.07) is 13.9. The largest absolute Gasteiger partial charge is 0.347 e. The standard InChI is InChI=1S/C16H11N2S.Ir/c1-11-5-6-15(19-11)13-3-2-4-14-12(13)7-9-18-10-8-17-16(14)18;/h2-3,5-10H,1H3;/q-1;. The van der Waals surface area contributed by atoms with E-state index in [-0.39, 0.29) is 20.1 Å². The molecule has 1 aromatic carbocycles. The van der Waals surface area contributed by atoms with Crippen LogP contribution < -0.4 is 0 Å². The Balaban J connectivity index is 0.00000121. The normalized spacial score (nSPS) is 10.8. The second-order valence-corrected chi connectivity index (χ2v) is 5.85. The molecule has 0 saturated heterocycles. The molecule has 1 radical (unpaired) electrons. The Labute approximate surface area is 134 Å². The summed E-state index contributed by atoms with van der Waals surface area (Å²) in [4.78, 5) is 7.05. The SMILES string of the molecule is Cc1ccc(-c2cc[c-]c3c2ccn2ccnc32)s1.[Ir]. The first kappa shape index (κ1) is 13.5. The van der Waals surface area contributed by atoms with Crippen LogP contribution in [0.15, 0.2) is 48.9 Å². The van der Waals surface area contributed by atoms with E-state index in [4.69, 9.17) is 0 Å². The van der Waals surface area contributed by atoms with Crippen molar-refractivity contribution in [3.8, 4) is 10.4 Å². The third kappa shape index (κ3) is 2.01. The summed E-state index contributed by atoms with van der Waals surface area (Å²) in [6.45, 7) is 2.14. The molecule has 0 aliphatic heterocycles. The first-order valence-electron chi connectivity index (χ1n) is 6.16. The Morgan fingerprint density at radius 1 is 1.15 bits per heavy atom. The first-order valence-corrected chi connectivity index (χ1v) is 6.97. The van der Waals surface area contributed by atoms with E-state index in [0.717, 1.165) is 11.0 Å². The molecular weight excluding hydrogens is 444 g/mol. The molecule has 4 heteroatoms. The number of imidazole rings is 1. The average molecular weight is 456 g/mol. The molecule has 3 aromatic heterocycles. The molecule has 4 aromatic rings. The molecular formula is C16H11IrN2S-. The van der Waals surface area contributed by atoms with E-state index in [0.29, 0.717) is 0 Å².